The second-order valence-corrected chi connectivity index (χ2v) is 4.45. The quantitative estimate of drug-likeness (QED) is 0.716. The minimum absolute atomic E-state index is 0. The van der Waals surface area contributed by atoms with Crippen LogP contribution < -0.4 is 10.6 Å². The van der Waals surface area contributed by atoms with E-state index in [1.54, 1.807) is 0 Å². The van der Waals surface area contributed by atoms with Crippen molar-refractivity contribution < 1.29 is 0 Å². The standard InChI is InChI=1S/C10H21N3.ClH/c1-13(10-6-12-7-10)8-9-2-4-11-5-3-9;/h9-12H,2-8H2,1H3;1H. The zero-order chi connectivity index (χ0) is 9.10. The lowest BCUT2D eigenvalue weighted by Crippen LogP contribution is -2.57. The number of nitrogens with one attached hydrogen (secondary N) is 2. The third kappa shape index (κ3) is 3.09. The Morgan fingerprint density at radius 3 is 2.29 bits per heavy atom. The SMILES string of the molecule is CN(CC1CCNCC1)C1CNC1.Cl. The number of nitrogens with zero attached hydrogens (tertiary/aromatic N) is 1. The van der Waals surface area contributed by atoms with Gasteiger partial charge in [0.25, 0.3) is 0 Å². The molecular formula is C10H22ClN3. The van der Waals surface area contributed by atoms with E-state index >= 15 is 0 Å². The molecule has 2 rings (SSSR count). The van der Waals surface area contributed by atoms with E-state index in [1.165, 1.54) is 45.6 Å². The van der Waals surface area contributed by atoms with Crippen LogP contribution in [0.3, 0.4) is 0 Å². The first-order chi connectivity index (χ1) is 6.36. The molecule has 3 nitrogen and oxygen atoms in total. The number of hydrogen-bond acceptors (Lipinski definition) is 3. The van der Waals surface area contributed by atoms with Gasteiger partial charge in [0.1, 0.15) is 0 Å². The van der Waals surface area contributed by atoms with Crippen molar-refractivity contribution in [2.75, 3.05) is 39.8 Å². The molecule has 4 heteroatoms. The average molecular weight is 220 g/mol. The van der Waals surface area contributed by atoms with Crippen LogP contribution in [0.4, 0.5) is 0 Å². The van der Waals surface area contributed by atoms with Gasteiger partial charge in [0, 0.05) is 25.7 Å². The number of hydrogen-bond donors (Lipinski definition) is 2. The summed E-state index contributed by atoms with van der Waals surface area (Å²) in [5, 5.41) is 6.74. The minimum Gasteiger partial charge on any atom is -0.317 e. The molecule has 2 fully saturated rings. The molecule has 0 amide bonds. The Morgan fingerprint density at radius 2 is 1.79 bits per heavy atom. The minimum atomic E-state index is 0. The average Bonchev–Trinajstić information content (AvgIpc) is 2.02. The summed E-state index contributed by atoms with van der Waals surface area (Å²) in [5.74, 6) is 0.937. The van der Waals surface area contributed by atoms with Crippen LogP contribution in [0.25, 0.3) is 0 Å². The van der Waals surface area contributed by atoms with Crippen LogP contribution in [0.5, 0.6) is 0 Å². The van der Waals surface area contributed by atoms with Gasteiger partial charge in [0.2, 0.25) is 0 Å². The molecule has 0 aromatic heterocycles. The molecule has 0 atom stereocenters. The number of halogens is 1. The zero-order valence-corrected chi connectivity index (χ0v) is 9.78. The van der Waals surface area contributed by atoms with Gasteiger partial charge in [-0.25, -0.2) is 0 Å². The van der Waals surface area contributed by atoms with Gasteiger partial charge in [-0.1, -0.05) is 0 Å². The van der Waals surface area contributed by atoms with Gasteiger partial charge in [0.15, 0.2) is 0 Å². The molecular weight excluding hydrogens is 198 g/mol. The highest BCUT2D eigenvalue weighted by Gasteiger charge is 2.24. The van der Waals surface area contributed by atoms with Crippen LogP contribution in [-0.2, 0) is 0 Å². The highest BCUT2D eigenvalue weighted by Crippen LogP contribution is 2.14. The Labute approximate surface area is 93.0 Å². The fraction of sp³-hybridized carbons (Fsp3) is 1.00. The van der Waals surface area contributed by atoms with Crippen LogP contribution in [0.2, 0.25) is 0 Å². The van der Waals surface area contributed by atoms with E-state index in [2.05, 4.69) is 22.6 Å². The predicted octanol–water partition coefficient (Wildman–Crippen LogP) is 0.311. The molecule has 0 bridgehead atoms. The smallest absolute Gasteiger partial charge is 0.0342 e. The number of piperidine rings is 1. The van der Waals surface area contributed by atoms with Crippen molar-refractivity contribution in [3.05, 3.63) is 0 Å². The van der Waals surface area contributed by atoms with Gasteiger partial charge < -0.3 is 15.5 Å². The lowest BCUT2D eigenvalue weighted by Gasteiger charge is -2.38. The monoisotopic (exact) mass is 219 g/mol. The lowest BCUT2D eigenvalue weighted by atomic mass is 9.96. The molecule has 2 saturated heterocycles. The van der Waals surface area contributed by atoms with Gasteiger partial charge in [-0.2, -0.15) is 0 Å². The maximum absolute atomic E-state index is 3.41. The second-order valence-electron chi connectivity index (χ2n) is 4.45. The maximum Gasteiger partial charge on any atom is 0.0342 e. The summed E-state index contributed by atoms with van der Waals surface area (Å²) in [6.07, 6.45) is 2.73. The Kier molecular flexibility index (Phi) is 5.17. The van der Waals surface area contributed by atoms with Gasteiger partial charge in [-0.15, -0.1) is 12.4 Å². The van der Waals surface area contributed by atoms with Gasteiger partial charge >= 0.3 is 0 Å². The summed E-state index contributed by atoms with van der Waals surface area (Å²) in [7, 11) is 2.27. The fourth-order valence-corrected chi connectivity index (χ4v) is 2.21. The molecule has 14 heavy (non-hydrogen) atoms. The van der Waals surface area contributed by atoms with Crippen molar-refractivity contribution in [2.45, 2.75) is 18.9 Å². The summed E-state index contributed by atoms with van der Waals surface area (Å²) >= 11 is 0. The molecule has 2 aliphatic heterocycles. The Balaban J connectivity index is 0.000000980. The summed E-state index contributed by atoms with van der Waals surface area (Å²) in [6, 6.07) is 0.815. The molecule has 84 valence electrons. The van der Waals surface area contributed by atoms with Crippen molar-refractivity contribution in [1.82, 2.24) is 15.5 Å². The Hall–Kier alpha value is 0.170. The third-order valence-electron chi connectivity index (χ3n) is 3.39. The van der Waals surface area contributed by atoms with E-state index in [1.807, 2.05) is 0 Å². The molecule has 0 aliphatic carbocycles. The van der Waals surface area contributed by atoms with Crippen LogP contribution in [0, 0.1) is 5.92 Å². The summed E-state index contributed by atoms with van der Waals surface area (Å²) in [5.41, 5.74) is 0. The van der Waals surface area contributed by atoms with E-state index in [0.717, 1.165) is 12.0 Å². The first kappa shape index (κ1) is 12.2. The molecule has 0 aromatic rings. The van der Waals surface area contributed by atoms with Crippen molar-refractivity contribution in [3.8, 4) is 0 Å². The second kappa shape index (κ2) is 5.91. The van der Waals surface area contributed by atoms with Crippen LogP contribution in [0.15, 0.2) is 0 Å². The maximum atomic E-state index is 3.41. The highest BCUT2D eigenvalue weighted by molar-refractivity contribution is 5.85. The molecule has 0 aromatic carbocycles. The predicted molar refractivity (Wildman–Crippen MR) is 62.1 cm³/mol. The van der Waals surface area contributed by atoms with Crippen molar-refractivity contribution >= 4 is 12.4 Å². The van der Waals surface area contributed by atoms with Crippen molar-refractivity contribution in [1.29, 1.82) is 0 Å². The number of likely N-dealkylation sites (N-methyl/N-ethyl adjacent to an activating group) is 1. The van der Waals surface area contributed by atoms with Gasteiger partial charge in [-0.05, 0) is 38.9 Å². The van der Waals surface area contributed by atoms with Gasteiger partial charge in [-0.3, -0.25) is 0 Å². The van der Waals surface area contributed by atoms with Crippen LogP contribution in [-0.4, -0.2) is 50.7 Å². The molecule has 2 N–H and O–H groups in total. The van der Waals surface area contributed by atoms with Crippen LogP contribution >= 0.6 is 12.4 Å². The summed E-state index contributed by atoms with van der Waals surface area (Å²) < 4.78 is 0. The van der Waals surface area contributed by atoms with E-state index in [-0.39, 0.29) is 12.4 Å². The van der Waals surface area contributed by atoms with E-state index in [4.69, 9.17) is 0 Å². The molecule has 2 aliphatic rings. The lowest BCUT2D eigenvalue weighted by molar-refractivity contribution is 0.144. The van der Waals surface area contributed by atoms with E-state index in [0.29, 0.717) is 0 Å². The van der Waals surface area contributed by atoms with E-state index in [9.17, 15) is 0 Å². The summed E-state index contributed by atoms with van der Waals surface area (Å²) in [4.78, 5) is 2.53. The topological polar surface area (TPSA) is 27.3 Å². The molecule has 0 unspecified atom stereocenters. The molecule has 0 spiro atoms. The largest absolute Gasteiger partial charge is 0.317 e. The van der Waals surface area contributed by atoms with Crippen molar-refractivity contribution in [2.24, 2.45) is 5.92 Å². The third-order valence-corrected chi connectivity index (χ3v) is 3.39. The Bertz CT molecular complexity index is 155. The first-order valence-electron chi connectivity index (χ1n) is 5.48. The number of rotatable bonds is 3. The van der Waals surface area contributed by atoms with E-state index < -0.39 is 0 Å². The fourth-order valence-electron chi connectivity index (χ4n) is 2.21. The first-order valence-corrected chi connectivity index (χ1v) is 5.48. The normalized spacial score (nSPS) is 24.4. The molecule has 2 heterocycles. The highest BCUT2D eigenvalue weighted by atomic mass is 35.5. The Morgan fingerprint density at radius 1 is 1.14 bits per heavy atom. The van der Waals surface area contributed by atoms with Crippen molar-refractivity contribution in [3.63, 3.8) is 0 Å². The molecule has 0 saturated carbocycles. The van der Waals surface area contributed by atoms with Gasteiger partial charge in [0.05, 0.1) is 0 Å². The zero-order valence-electron chi connectivity index (χ0n) is 8.96. The summed E-state index contributed by atoms with van der Waals surface area (Å²) in [6.45, 7) is 6.14. The van der Waals surface area contributed by atoms with Crippen LogP contribution in [0.1, 0.15) is 12.8 Å². The molecule has 0 radical (unpaired) electrons.